The van der Waals surface area contributed by atoms with E-state index in [1.54, 1.807) is 22.7 Å². The molecule has 19 heavy (non-hydrogen) atoms. The monoisotopic (exact) mass is 292 g/mol. The lowest BCUT2D eigenvalue weighted by Gasteiger charge is -2.00. The van der Waals surface area contributed by atoms with Crippen LogP contribution in [-0.2, 0) is 0 Å². The zero-order chi connectivity index (χ0) is 13.0. The normalized spacial score (nSPS) is 15.2. The highest BCUT2D eigenvalue weighted by Gasteiger charge is 2.30. The van der Waals surface area contributed by atoms with E-state index in [9.17, 15) is 5.11 Å². The topological polar surface area (TPSA) is 63.3 Å². The van der Waals surface area contributed by atoms with Crippen molar-refractivity contribution in [2.75, 3.05) is 0 Å². The van der Waals surface area contributed by atoms with Gasteiger partial charge in [-0.1, -0.05) is 22.9 Å². The number of fused-ring (bicyclic) bond motifs is 1. The van der Waals surface area contributed by atoms with Crippen LogP contribution in [-0.4, -0.2) is 24.9 Å². The van der Waals surface area contributed by atoms with Gasteiger partial charge >= 0.3 is 0 Å². The summed E-state index contributed by atoms with van der Waals surface area (Å²) in [6.45, 7) is 0. The highest BCUT2D eigenvalue weighted by atomic mass is 35.5. The molecule has 1 aromatic carbocycles. The average Bonchev–Trinajstić information content (AvgIpc) is 3.01. The van der Waals surface area contributed by atoms with Crippen LogP contribution in [0, 0.1) is 0 Å². The minimum absolute atomic E-state index is 0.174. The summed E-state index contributed by atoms with van der Waals surface area (Å²) >= 11 is 7.57. The summed E-state index contributed by atoms with van der Waals surface area (Å²) in [6.07, 6.45) is 2.31. The highest BCUT2D eigenvalue weighted by molar-refractivity contribution is 7.19. The molecule has 4 rings (SSSR count). The number of rotatable bonds is 2. The van der Waals surface area contributed by atoms with E-state index in [1.165, 1.54) is 11.3 Å². The van der Waals surface area contributed by atoms with Gasteiger partial charge in [0.05, 0.1) is 5.02 Å². The number of hydrogen-bond acceptors (Lipinski definition) is 5. The Balaban J connectivity index is 1.88. The van der Waals surface area contributed by atoms with Crippen LogP contribution in [0.2, 0.25) is 5.02 Å². The quantitative estimate of drug-likeness (QED) is 0.788. The van der Waals surface area contributed by atoms with Gasteiger partial charge in [-0.2, -0.15) is 9.61 Å². The molecule has 7 heteroatoms. The first-order chi connectivity index (χ1) is 9.22. The number of phenols is 1. The smallest absolute Gasteiger partial charge is 0.234 e. The van der Waals surface area contributed by atoms with Crippen LogP contribution in [0.25, 0.3) is 15.5 Å². The summed E-state index contributed by atoms with van der Waals surface area (Å²) < 4.78 is 1.79. The molecule has 0 amide bonds. The van der Waals surface area contributed by atoms with Crippen molar-refractivity contribution in [3.05, 3.63) is 29.0 Å². The van der Waals surface area contributed by atoms with Gasteiger partial charge in [0.1, 0.15) is 10.8 Å². The molecule has 3 aromatic rings. The average molecular weight is 293 g/mol. The van der Waals surface area contributed by atoms with Gasteiger partial charge in [-0.25, -0.2) is 0 Å². The maximum Gasteiger partial charge on any atom is 0.234 e. The fraction of sp³-hybridized carbons (Fsp3) is 0.250. The Hall–Kier alpha value is -1.66. The number of hydrogen-bond donors (Lipinski definition) is 1. The second kappa shape index (κ2) is 3.91. The van der Waals surface area contributed by atoms with Crippen molar-refractivity contribution in [3.8, 4) is 16.3 Å². The number of phenolic OH excluding ortho intramolecular Hbond substituents is 1. The third kappa shape index (κ3) is 1.79. The van der Waals surface area contributed by atoms with E-state index in [0.29, 0.717) is 10.9 Å². The van der Waals surface area contributed by atoms with Gasteiger partial charge in [0.25, 0.3) is 0 Å². The molecule has 96 valence electrons. The number of aromatic hydroxyl groups is 1. The van der Waals surface area contributed by atoms with Crippen molar-refractivity contribution < 1.29 is 5.11 Å². The summed E-state index contributed by atoms with van der Waals surface area (Å²) in [5.41, 5.74) is 0.721. The van der Waals surface area contributed by atoms with Crippen molar-refractivity contribution in [2.45, 2.75) is 18.8 Å². The van der Waals surface area contributed by atoms with E-state index < -0.39 is 0 Å². The van der Waals surface area contributed by atoms with E-state index >= 15 is 0 Å². The fourth-order valence-electron chi connectivity index (χ4n) is 2.01. The molecule has 5 nitrogen and oxygen atoms in total. The Morgan fingerprint density at radius 2 is 2.16 bits per heavy atom. The van der Waals surface area contributed by atoms with E-state index in [2.05, 4.69) is 15.3 Å². The predicted molar refractivity (Wildman–Crippen MR) is 72.7 cm³/mol. The number of halogens is 1. The molecule has 1 N–H and O–H groups in total. The molecule has 1 saturated carbocycles. The van der Waals surface area contributed by atoms with Crippen molar-refractivity contribution in [3.63, 3.8) is 0 Å². The Morgan fingerprint density at radius 3 is 2.95 bits per heavy atom. The first kappa shape index (κ1) is 11.2. The van der Waals surface area contributed by atoms with E-state index in [1.807, 2.05) is 0 Å². The number of benzene rings is 1. The van der Waals surface area contributed by atoms with E-state index in [4.69, 9.17) is 11.6 Å². The van der Waals surface area contributed by atoms with E-state index in [0.717, 1.165) is 34.2 Å². The molecule has 0 saturated heterocycles. The van der Waals surface area contributed by atoms with Gasteiger partial charge in [-0.15, -0.1) is 10.2 Å². The second-order valence-electron chi connectivity index (χ2n) is 4.60. The molecule has 1 aliphatic rings. The Kier molecular flexibility index (Phi) is 2.31. The minimum atomic E-state index is 0.174. The van der Waals surface area contributed by atoms with Crippen molar-refractivity contribution in [1.29, 1.82) is 0 Å². The van der Waals surface area contributed by atoms with Crippen LogP contribution < -0.4 is 0 Å². The lowest BCUT2D eigenvalue weighted by atomic mass is 10.2. The second-order valence-corrected chi connectivity index (χ2v) is 5.96. The summed E-state index contributed by atoms with van der Waals surface area (Å²) in [5, 5.41) is 23.7. The summed E-state index contributed by atoms with van der Waals surface area (Å²) in [6, 6.07) is 4.84. The van der Waals surface area contributed by atoms with Crippen molar-refractivity contribution >= 4 is 27.9 Å². The van der Waals surface area contributed by atoms with Crippen LogP contribution in [0.3, 0.4) is 0 Å². The Bertz CT molecular complexity index is 777. The van der Waals surface area contributed by atoms with Gasteiger partial charge < -0.3 is 5.11 Å². The molecule has 0 unspecified atom stereocenters. The summed E-state index contributed by atoms with van der Waals surface area (Å²) in [4.78, 5) is 0.760. The van der Waals surface area contributed by atoms with Crippen LogP contribution >= 0.6 is 22.9 Å². The van der Waals surface area contributed by atoms with Gasteiger partial charge in [-0.3, -0.25) is 0 Å². The van der Waals surface area contributed by atoms with Crippen LogP contribution in [0.15, 0.2) is 18.2 Å². The zero-order valence-electron chi connectivity index (χ0n) is 9.75. The van der Waals surface area contributed by atoms with Gasteiger partial charge in [0.2, 0.25) is 4.96 Å². The Labute approximate surface area is 117 Å². The molecule has 1 fully saturated rings. The molecule has 2 aromatic heterocycles. The van der Waals surface area contributed by atoms with Crippen LogP contribution in [0.1, 0.15) is 24.6 Å². The van der Waals surface area contributed by atoms with Gasteiger partial charge in [-0.05, 0) is 31.0 Å². The first-order valence-electron chi connectivity index (χ1n) is 5.93. The minimum Gasteiger partial charge on any atom is -0.508 e. The largest absolute Gasteiger partial charge is 0.508 e. The lowest BCUT2D eigenvalue weighted by molar-refractivity contribution is 0.475. The van der Waals surface area contributed by atoms with E-state index in [-0.39, 0.29) is 5.75 Å². The molecule has 2 heterocycles. The summed E-state index contributed by atoms with van der Waals surface area (Å²) in [7, 11) is 0. The number of nitrogens with zero attached hydrogens (tertiary/aromatic N) is 4. The molecule has 0 spiro atoms. The van der Waals surface area contributed by atoms with Crippen LogP contribution in [0.5, 0.6) is 5.75 Å². The molecule has 0 bridgehead atoms. The first-order valence-corrected chi connectivity index (χ1v) is 7.13. The SMILES string of the molecule is Oc1ccc(Cl)c(-c2nn3c(C4CC4)nnc3s2)c1. The molecule has 0 aliphatic heterocycles. The van der Waals surface area contributed by atoms with Crippen LogP contribution in [0.4, 0.5) is 0 Å². The number of aromatic nitrogens is 4. The fourth-order valence-corrected chi connectivity index (χ4v) is 3.15. The van der Waals surface area contributed by atoms with Gasteiger partial charge in [0, 0.05) is 11.5 Å². The zero-order valence-corrected chi connectivity index (χ0v) is 11.3. The molecular weight excluding hydrogens is 284 g/mol. The molecule has 0 radical (unpaired) electrons. The molecule has 1 aliphatic carbocycles. The molecular formula is C12H9ClN4OS. The van der Waals surface area contributed by atoms with Gasteiger partial charge in [0.15, 0.2) is 5.82 Å². The highest BCUT2D eigenvalue weighted by Crippen LogP contribution is 2.40. The summed E-state index contributed by atoms with van der Waals surface area (Å²) in [5.74, 6) is 1.59. The Morgan fingerprint density at radius 1 is 1.32 bits per heavy atom. The third-order valence-corrected chi connectivity index (χ3v) is 4.40. The van der Waals surface area contributed by atoms with Crippen molar-refractivity contribution in [1.82, 2.24) is 19.8 Å². The molecule has 0 atom stereocenters. The predicted octanol–water partition coefficient (Wildman–Crippen LogP) is 3.09. The maximum atomic E-state index is 9.56. The maximum absolute atomic E-state index is 9.56. The van der Waals surface area contributed by atoms with Crippen molar-refractivity contribution in [2.24, 2.45) is 0 Å². The third-order valence-electron chi connectivity index (χ3n) is 3.14. The lowest BCUT2D eigenvalue weighted by Crippen LogP contribution is -1.93. The standard InChI is InChI=1S/C12H9ClN4OS/c13-9-4-3-7(18)5-8(9)11-16-17-10(6-1-2-6)14-15-12(17)19-11/h3-6,18H,1-2H2.